The second kappa shape index (κ2) is 6.01. The van der Waals surface area contributed by atoms with E-state index in [1.807, 2.05) is 6.92 Å². The van der Waals surface area contributed by atoms with Gasteiger partial charge in [0, 0.05) is 7.11 Å². The van der Waals surface area contributed by atoms with Crippen LogP contribution in [0, 0.1) is 0 Å². The monoisotopic (exact) mass is 134 g/mol. The Hall–Kier alpha value is -0.120. The Bertz CT molecular complexity index is 50.3. The van der Waals surface area contributed by atoms with Crippen molar-refractivity contribution in [1.82, 2.24) is 0 Å². The van der Waals surface area contributed by atoms with Gasteiger partial charge < -0.3 is 14.6 Å². The van der Waals surface area contributed by atoms with Crippen molar-refractivity contribution in [2.45, 2.75) is 19.4 Å². The average molecular weight is 134 g/mol. The maximum absolute atomic E-state index is 8.32. The van der Waals surface area contributed by atoms with Crippen molar-refractivity contribution in [3.8, 4) is 0 Å². The van der Waals surface area contributed by atoms with Gasteiger partial charge >= 0.3 is 0 Å². The van der Waals surface area contributed by atoms with Crippen LogP contribution < -0.4 is 0 Å². The molecule has 0 aliphatic carbocycles. The van der Waals surface area contributed by atoms with Gasteiger partial charge in [0.15, 0.2) is 0 Å². The standard InChI is InChI=1S/C6H14O3/c1-3-6(4-8-2)9-5-7/h6-7H,3-5H2,1-2H3. The summed E-state index contributed by atoms with van der Waals surface area (Å²) < 4.78 is 9.67. The minimum atomic E-state index is -0.220. The van der Waals surface area contributed by atoms with Gasteiger partial charge in [0.05, 0.1) is 12.7 Å². The van der Waals surface area contributed by atoms with Gasteiger partial charge in [-0.25, -0.2) is 0 Å². The molecule has 0 rings (SSSR count). The number of ether oxygens (including phenoxy) is 2. The second-order valence-corrected chi connectivity index (χ2v) is 1.78. The minimum Gasteiger partial charge on any atom is -0.382 e. The van der Waals surface area contributed by atoms with Crippen molar-refractivity contribution >= 4 is 0 Å². The van der Waals surface area contributed by atoms with Gasteiger partial charge in [0.1, 0.15) is 6.79 Å². The van der Waals surface area contributed by atoms with Crippen molar-refractivity contribution < 1.29 is 14.6 Å². The van der Waals surface area contributed by atoms with E-state index in [9.17, 15) is 0 Å². The fourth-order valence-corrected chi connectivity index (χ4v) is 0.575. The molecule has 1 N–H and O–H groups in total. The van der Waals surface area contributed by atoms with Crippen molar-refractivity contribution in [3.63, 3.8) is 0 Å². The molecular weight excluding hydrogens is 120 g/mol. The van der Waals surface area contributed by atoms with Crippen LogP contribution in [0.4, 0.5) is 0 Å². The number of aliphatic hydroxyl groups is 1. The van der Waals surface area contributed by atoms with Gasteiger partial charge in [-0.05, 0) is 6.42 Å². The lowest BCUT2D eigenvalue weighted by Gasteiger charge is -2.11. The Balaban J connectivity index is 3.18. The van der Waals surface area contributed by atoms with Crippen molar-refractivity contribution in [2.75, 3.05) is 20.5 Å². The summed E-state index contributed by atoms with van der Waals surface area (Å²) in [7, 11) is 1.61. The number of hydrogen-bond acceptors (Lipinski definition) is 3. The lowest BCUT2D eigenvalue weighted by molar-refractivity contribution is -0.0758. The SMILES string of the molecule is CCC(COC)OCO. The third-order valence-electron chi connectivity index (χ3n) is 1.12. The largest absolute Gasteiger partial charge is 0.382 e. The fraction of sp³-hybridized carbons (Fsp3) is 1.00. The molecule has 0 radical (unpaired) electrons. The van der Waals surface area contributed by atoms with Gasteiger partial charge in [0.25, 0.3) is 0 Å². The molecule has 0 amide bonds. The molecule has 0 aromatic heterocycles. The number of rotatable bonds is 5. The van der Waals surface area contributed by atoms with Gasteiger partial charge in [0.2, 0.25) is 0 Å². The minimum absolute atomic E-state index is 0.0417. The van der Waals surface area contributed by atoms with Crippen LogP contribution in [0.15, 0.2) is 0 Å². The fourth-order valence-electron chi connectivity index (χ4n) is 0.575. The van der Waals surface area contributed by atoms with Gasteiger partial charge in [-0.3, -0.25) is 0 Å². The zero-order chi connectivity index (χ0) is 7.11. The number of aliphatic hydroxyl groups excluding tert-OH is 1. The first-order valence-corrected chi connectivity index (χ1v) is 3.06. The predicted molar refractivity (Wildman–Crippen MR) is 34.1 cm³/mol. The average Bonchev–Trinajstić information content (AvgIpc) is 1.88. The molecule has 0 saturated heterocycles. The maximum Gasteiger partial charge on any atom is 0.144 e. The summed E-state index contributed by atoms with van der Waals surface area (Å²) in [5.41, 5.74) is 0. The summed E-state index contributed by atoms with van der Waals surface area (Å²) in [6, 6.07) is 0. The summed E-state index contributed by atoms with van der Waals surface area (Å²) in [6.45, 7) is 2.32. The molecule has 0 spiro atoms. The van der Waals surface area contributed by atoms with E-state index >= 15 is 0 Å². The Morgan fingerprint density at radius 1 is 1.56 bits per heavy atom. The molecule has 1 atom stereocenters. The number of methoxy groups -OCH3 is 1. The molecule has 3 heteroatoms. The van der Waals surface area contributed by atoms with Crippen LogP contribution in [0.25, 0.3) is 0 Å². The molecule has 9 heavy (non-hydrogen) atoms. The molecule has 1 unspecified atom stereocenters. The van der Waals surface area contributed by atoms with E-state index < -0.39 is 0 Å². The molecular formula is C6H14O3. The third kappa shape index (κ3) is 4.39. The summed E-state index contributed by atoms with van der Waals surface area (Å²) in [5, 5.41) is 8.32. The first-order valence-electron chi connectivity index (χ1n) is 3.06. The second-order valence-electron chi connectivity index (χ2n) is 1.78. The van der Waals surface area contributed by atoms with Crippen LogP contribution in [-0.4, -0.2) is 31.7 Å². The molecule has 0 heterocycles. The smallest absolute Gasteiger partial charge is 0.144 e. The van der Waals surface area contributed by atoms with E-state index in [-0.39, 0.29) is 12.9 Å². The van der Waals surface area contributed by atoms with E-state index in [1.54, 1.807) is 7.11 Å². The molecule has 0 aromatic rings. The van der Waals surface area contributed by atoms with E-state index in [4.69, 9.17) is 14.6 Å². The van der Waals surface area contributed by atoms with E-state index in [1.165, 1.54) is 0 Å². The molecule has 0 bridgehead atoms. The van der Waals surface area contributed by atoms with Gasteiger partial charge in [-0.15, -0.1) is 0 Å². The van der Waals surface area contributed by atoms with Crippen LogP contribution >= 0.6 is 0 Å². The first-order chi connectivity index (χ1) is 4.35. The van der Waals surface area contributed by atoms with Crippen molar-refractivity contribution in [2.24, 2.45) is 0 Å². The van der Waals surface area contributed by atoms with E-state index in [0.29, 0.717) is 6.61 Å². The van der Waals surface area contributed by atoms with Crippen LogP contribution in [0.3, 0.4) is 0 Å². The summed E-state index contributed by atoms with van der Waals surface area (Å²) in [6.07, 6.45) is 0.911. The lowest BCUT2D eigenvalue weighted by atomic mass is 10.3. The van der Waals surface area contributed by atoms with Crippen LogP contribution in [0.2, 0.25) is 0 Å². The van der Waals surface area contributed by atoms with E-state index in [2.05, 4.69) is 0 Å². The molecule has 0 fully saturated rings. The Kier molecular flexibility index (Phi) is 5.93. The highest BCUT2D eigenvalue weighted by molar-refractivity contribution is 4.50. The molecule has 56 valence electrons. The topological polar surface area (TPSA) is 38.7 Å². The maximum atomic E-state index is 8.32. The third-order valence-corrected chi connectivity index (χ3v) is 1.12. The van der Waals surface area contributed by atoms with Crippen LogP contribution in [0.5, 0.6) is 0 Å². The van der Waals surface area contributed by atoms with Crippen LogP contribution in [-0.2, 0) is 9.47 Å². The molecule has 3 nitrogen and oxygen atoms in total. The summed E-state index contributed by atoms with van der Waals surface area (Å²) in [5.74, 6) is 0. The summed E-state index contributed by atoms with van der Waals surface area (Å²) >= 11 is 0. The zero-order valence-corrected chi connectivity index (χ0v) is 5.96. The normalized spacial score (nSPS) is 13.7. The molecule has 0 aromatic carbocycles. The lowest BCUT2D eigenvalue weighted by Crippen LogP contribution is -2.18. The van der Waals surface area contributed by atoms with Crippen molar-refractivity contribution in [1.29, 1.82) is 0 Å². The molecule has 0 aliphatic heterocycles. The summed E-state index contributed by atoms with van der Waals surface area (Å²) in [4.78, 5) is 0. The highest BCUT2D eigenvalue weighted by Gasteiger charge is 2.02. The van der Waals surface area contributed by atoms with Crippen LogP contribution in [0.1, 0.15) is 13.3 Å². The Morgan fingerprint density at radius 2 is 2.22 bits per heavy atom. The first kappa shape index (κ1) is 8.88. The Morgan fingerprint density at radius 3 is 2.56 bits per heavy atom. The highest BCUT2D eigenvalue weighted by atomic mass is 16.6. The molecule has 0 aliphatic rings. The van der Waals surface area contributed by atoms with Gasteiger partial charge in [-0.1, -0.05) is 6.92 Å². The zero-order valence-electron chi connectivity index (χ0n) is 5.96. The van der Waals surface area contributed by atoms with Gasteiger partial charge in [-0.2, -0.15) is 0 Å². The number of hydrogen-bond donors (Lipinski definition) is 1. The molecule has 0 saturated carbocycles. The van der Waals surface area contributed by atoms with E-state index in [0.717, 1.165) is 6.42 Å². The van der Waals surface area contributed by atoms with Crippen molar-refractivity contribution in [3.05, 3.63) is 0 Å². The Labute approximate surface area is 55.6 Å². The quantitative estimate of drug-likeness (QED) is 0.552. The highest BCUT2D eigenvalue weighted by Crippen LogP contribution is 1.96. The predicted octanol–water partition coefficient (Wildman–Crippen LogP) is 0.378.